The largest absolute Gasteiger partial charge is 0.482 e. The van der Waals surface area contributed by atoms with Gasteiger partial charge in [0.2, 0.25) is 0 Å². The Morgan fingerprint density at radius 2 is 1.61 bits per heavy atom. The average Bonchev–Trinajstić information content (AvgIpc) is 2.80. The highest BCUT2D eigenvalue weighted by Crippen LogP contribution is 2.31. The third kappa shape index (κ3) is 7.23. The maximum atomic E-state index is 12.7. The van der Waals surface area contributed by atoms with Crippen LogP contribution in [0.15, 0.2) is 42.5 Å². The molecule has 1 N–H and O–H groups in total. The van der Waals surface area contributed by atoms with Crippen molar-refractivity contribution < 1.29 is 51.3 Å². The topological polar surface area (TPSA) is 117 Å². The molecule has 12 heteroatoms. The van der Waals surface area contributed by atoms with E-state index in [-0.39, 0.29) is 22.6 Å². The summed E-state index contributed by atoms with van der Waals surface area (Å²) in [6, 6.07) is 7.59. The number of ether oxygens (including phenoxy) is 4. The zero-order valence-corrected chi connectivity index (χ0v) is 17.4. The van der Waals surface area contributed by atoms with E-state index in [9.17, 15) is 32.3 Å². The summed E-state index contributed by atoms with van der Waals surface area (Å²) in [5.74, 6) is -3.63. The lowest BCUT2D eigenvalue weighted by atomic mass is 10.1. The molecule has 33 heavy (non-hydrogen) atoms. The molecule has 0 aromatic heterocycles. The van der Waals surface area contributed by atoms with Gasteiger partial charge in [-0.05, 0) is 36.4 Å². The smallest absolute Gasteiger partial charge is 0.416 e. The normalized spacial score (nSPS) is 10.7. The lowest BCUT2D eigenvalue weighted by Crippen LogP contribution is -2.24. The van der Waals surface area contributed by atoms with Crippen molar-refractivity contribution in [3.05, 3.63) is 59.2 Å². The molecule has 0 radical (unpaired) electrons. The van der Waals surface area contributed by atoms with Crippen LogP contribution < -0.4 is 10.1 Å². The van der Waals surface area contributed by atoms with Gasteiger partial charge in [0.05, 0.1) is 36.6 Å². The van der Waals surface area contributed by atoms with Gasteiger partial charge < -0.3 is 24.3 Å². The molecule has 0 fully saturated rings. The van der Waals surface area contributed by atoms with E-state index in [2.05, 4.69) is 14.8 Å². The number of carbonyl (C=O) groups is 4. The first kappa shape index (κ1) is 25.2. The zero-order chi connectivity index (χ0) is 24.6. The summed E-state index contributed by atoms with van der Waals surface area (Å²) in [7, 11) is 2.27. The number of alkyl halides is 3. The second kappa shape index (κ2) is 11.0. The van der Waals surface area contributed by atoms with Crippen LogP contribution in [0.3, 0.4) is 0 Å². The van der Waals surface area contributed by atoms with Crippen molar-refractivity contribution in [3.63, 3.8) is 0 Å². The molecule has 9 nitrogen and oxygen atoms in total. The molecule has 0 aliphatic rings. The number of benzene rings is 2. The van der Waals surface area contributed by atoms with E-state index in [1.54, 1.807) is 0 Å². The molecule has 0 spiro atoms. The zero-order valence-electron chi connectivity index (χ0n) is 17.4. The summed E-state index contributed by atoms with van der Waals surface area (Å²) in [4.78, 5) is 47.5. The van der Waals surface area contributed by atoms with E-state index >= 15 is 0 Å². The van der Waals surface area contributed by atoms with Gasteiger partial charge in [0.1, 0.15) is 5.75 Å². The molecule has 0 saturated carbocycles. The average molecular weight is 469 g/mol. The van der Waals surface area contributed by atoms with Gasteiger partial charge in [0.15, 0.2) is 13.2 Å². The second-order valence-electron chi connectivity index (χ2n) is 6.27. The van der Waals surface area contributed by atoms with E-state index < -0.39 is 48.8 Å². The van der Waals surface area contributed by atoms with Crippen molar-refractivity contribution in [3.8, 4) is 5.75 Å². The number of carbonyl (C=O) groups excluding carboxylic acids is 4. The number of amides is 1. The SMILES string of the molecule is COC(=O)c1ccc(C(=O)OC)c(NC(=O)COC(=O)COc2cccc(C(F)(F)F)c2)c1. The Hall–Kier alpha value is -4.09. The Balaban J connectivity index is 1.96. The molecule has 0 saturated heterocycles. The first-order chi connectivity index (χ1) is 15.5. The van der Waals surface area contributed by atoms with Gasteiger partial charge in [0, 0.05) is 0 Å². The lowest BCUT2D eigenvalue weighted by molar-refractivity contribution is -0.149. The number of halogens is 3. The Kier molecular flexibility index (Phi) is 8.37. The molecule has 0 aliphatic carbocycles. The Morgan fingerprint density at radius 1 is 0.909 bits per heavy atom. The van der Waals surface area contributed by atoms with Crippen LogP contribution in [-0.4, -0.2) is 51.2 Å². The summed E-state index contributed by atoms with van der Waals surface area (Å²) in [5, 5.41) is 2.31. The molecule has 2 rings (SSSR count). The number of nitrogens with one attached hydrogen (secondary N) is 1. The molecule has 0 bridgehead atoms. The number of hydrogen-bond acceptors (Lipinski definition) is 8. The van der Waals surface area contributed by atoms with Crippen molar-refractivity contribution >= 4 is 29.5 Å². The van der Waals surface area contributed by atoms with Gasteiger partial charge in [-0.25, -0.2) is 14.4 Å². The number of rotatable bonds is 8. The number of esters is 3. The Morgan fingerprint density at radius 3 is 2.24 bits per heavy atom. The summed E-state index contributed by atoms with van der Waals surface area (Å²) >= 11 is 0. The van der Waals surface area contributed by atoms with Gasteiger partial charge in [-0.1, -0.05) is 6.07 Å². The summed E-state index contributed by atoms with van der Waals surface area (Å²) in [6.07, 6.45) is -4.58. The van der Waals surface area contributed by atoms with Crippen LogP contribution in [0.25, 0.3) is 0 Å². The second-order valence-corrected chi connectivity index (χ2v) is 6.27. The third-order valence-electron chi connectivity index (χ3n) is 4.00. The predicted molar refractivity (Wildman–Crippen MR) is 106 cm³/mol. The molecule has 2 aromatic rings. The van der Waals surface area contributed by atoms with Crippen LogP contribution in [0, 0.1) is 0 Å². The predicted octanol–water partition coefficient (Wildman–Crippen LogP) is 2.84. The van der Waals surface area contributed by atoms with E-state index in [0.717, 1.165) is 26.4 Å². The van der Waals surface area contributed by atoms with Gasteiger partial charge in [0.25, 0.3) is 5.91 Å². The minimum atomic E-state index is -4.58. The fourth-order valence-electron chi connectivity index (χ4n) is 2.46. The lowest BCUT2D eigenvalue weighted by Gasteiger charge is -2.12. The fourth-order valence-corrected chi connectivity index (χ4v) is 2.46. The van der Waals surface area contributed by atoms with Gasteiger partial charge in [-0.3, -0.25) is 4.79 Å². The minimum Gasteiger partial charge on any atom is -0.482 e. The van der Waals surface area contributed by atoms with Gasteiger partial charge in [-0.15, -0.1) is 0 Å². The molecule has 0 unspecified atom stereocenters. The van der Waals surface area contributed by atoms with E-state index in [1.165, 1.54) is 24.3 Å². The highest BCUT2D eigenvalue weighted by molar-refractivity contribution is 6.04. The van der Waals surface area contributed by atoms with Crippen molar-refractivity contribution in [2.75, 3.05) is 32.8 Å². The van der Waals surface area contributed by atoms with Crippen LogP contribution in [-0.2, 0) is 30.0 Å². The monoisotopic (exact) mass is 469 g/mol. The highest BCUT2D eigenvalue weighted by atomic mass is 19.4. The summed E-state index contributed by atoms with van der Waals surface area (Å²) in [6.45, 7) is -1.55. The number of anilines is 1. The van der Waals surface area contributed by atoms with E-state index in [4.69, 9.17) is 9.47 Å². The molecule has 0 aliphatic heterocycles. The van der Waals surface area contributed by atoms with Crippen LogP contribution in [0.1, 0.15) is 26.3 Å². The van der Waals surface area contributed by atoms with Crippen molar-refractivity contribution in [1.82, 2.24) is 0 Å². The molecule has 176 valence electrons. The standard InChI is InChI=1S/C21H18F3NO8/c1-30-19(28)12-6-7-15(20(29)31-2)16(8-12)25-17(26)10-33-18(27)11-32-14-5-3-4-13(9-14)21(22,23)24/h3-9H,10-11H2,1-2H3,(H,25,26). The quantitative estimate of drug-likeness (QED) is 0.463. The minimum absolute atomic E-state index is 0.0342. The third-order valence-corrected chi connectivity index (χ3v) is 4.00. The van der Waals surface area contributed by atoms with Crippen LogP contribution in [0.4, 0.5) is 18.9 Å². The van der Waals surface area contributed by atoms with Crippen molar-refractivity contribution in [1.29, 1.82) is 0 Å². The maximum absolute atomic E-state index is 12.7. The number of hydrogen-bond donors (Lipinski definition) is 1. The van der Waals surface area contributed by atoms with Crippen LogP contribution in [0.2, 0.25) is 0 Å². The summed E-state index contributed by atoms with van der Waals surface area (Å²) < 4.78 is 57.0. The van der Waals surface area contributed by atoms with E-state index in [1.807, 2.05) is 0 Å². The number of methoxy groups -OCH3 is 2. The molecule has 0 heterocycles. The van der Waals surface area contributed by atoms with Gasteiger partial charge >= 0.3 is 24.1 Å². The van der Waals surface area contributed by atoms with Crippen molar-refractivity contribution in [2.45, 2.75) is 6.18 Å². The van der Waals surface area contributed by atoms with E-state index in [0.29, 0.717) is 6.07 Å². The Labute approximate surface area is 185 Å². The fraction of sp³-hybridized carbons (Fsp3) is 0.238. The maximum Gasteiger partial charge on any atom is 0.416 e. The Bertz CT molecular complexity index is 1050. The van der Waals surface area contributed by atoms with Crippen LogP contribution in [0.5, 0.6) is 5.75 Å². The molecular weight excluding hydrogens is 451 g/mol. The molecule has 0 atom stereocenters. The molecule has 1 amide bonds. The first-order valence-electron chi connectivity index (χ1n) is 9.11. The summed E-state index contributed by atoms with van der Waals surface area (Å²) in [5.41, 5.74) is -1.08. The molecular formula is C21H18F3NO8. The molecule has 2 aromatic carbocycles. The van der Waals surface area contributed by atoms with Gasteiger partial charge in [-0.2, -0.15) is 13.2 Å². The van der Waals surface area contributed by atoms with Crippen molar-refractivity contribution in [2.24, 2.45) is 0 Å². The first-order valence-corrected chi connectivity index (χ1v) is 9.11. The van der Waals surface area contributed by atoms with Crippen LogP contribution >= 0.6 is 0 Å². The highest BCUT2D eigenvalue weighted by Gasteiger charge is 2.30.